The Hall–Kier alpha value is 0.434. The molecule has 4 heteroatoms. The summed E-state index contributed by atoms with van der Waals surface area (Å²) in [4.78, 5) is 0. The average Bonchev–Trinajstić information content (AvgIpc) is 1.67. The van der Waals surface area contributed by atoms with Crippen molar-refractivity contribution in [3.05, 3.63) is 0 Å². The van der Waals surface area contributed by atoms with Crippen LogP contribution in [-0.2, 0) is 22.8 Å². The summed E-state index contributed by atoms with van der Waals surface area (Å²) in [6.07, 6.45) is 0.931. The molecule has 0 heterocycles. The molecule has 0 aromatic rings. The monoisotopic (exact) mass is 169 g/mol. The van der Waals surface area contributed by atoms with E-state index < -0.39 is 19.5 Å². The molecule has 9 heavy (non-hydrogen) atoms. The summed E-state index contributed by atoms with van der Waals surface area (Å²) in [5.74, 6) is 0.648. The van der Waals surface area contributed by atoms with E-state index in [-0.39, 0.29) is 0 Å². The molecule has 2 N–H and O–H groups in total. The molecule has 0 aliphatic rings. The molecule has 0 bridgehead atoms. The van der Waals surface area contributed by atoms with Crippen molar-refractivity contribution in [2.75, 3.05) is 6.61 Å². The number of hydrogen-bond acceptors (Lipinski definition) is 2. The van der Waals surface area contributed by atoms with Crippen LogP contribution < -0.4 is 0 Å². The second-order valence-corrected chi connectivity index (χ2v) is 2.28. The molecule has 0 rings (SSSR count). The van der Waals surface area contributed by atoms with E-state index in [2.05, 4.69) is 13.8 Å². The van der Waals surface area contributed by atoms with E-state index in [9.17, 15) is 0 Å². The molecule has 0 saturated heterocycles. The van der Waals surface area contributed by atoms with Gasteiger partial charge in [0.05, 0.1) is 0 Å². The molecule has 0 aromatic heterocycles. The quantitative estimate of drug-likeness (QED) is 0.586. The van der Waals surface area contributed by atoms with Crippen molar-refractivity contribution in [3.63, 3.8) is 0 Å². The molecule has 0 aromatic carbocycles. The first-order chi connectivity index (χ1) is 4.18. The summed E-state index contributed by atoms with van der Waals surface area (Å²) in [5.41, 5.74) is 0. The first-order valence-electron chi connectivity index (χ1n) is 2.81. The third-order valence-electron chi connectivity index (χ3n) is 0.706. The van der Waals surface area contributed by atoms with Gasteiger partial charge in [0.15, 0.2) is 0 Å². The van der Waals surface area contributed by atoms with Gasteiger partial charge in [0.25, 0.3) is 0 Å². The summed E-state index contributed by atoms with van der Waals surface area (Å²) in [7, 11) is 0. The maximum atomic E-state index is 8.61. The Bertz CT molecular complexity index is 56.2. The second kappa shape index (κ2) is 11.3. The van der Waals surface area contributed by atoms with Crippen LogP contribution in [0.5, 0.6) is 0 Å². The van der Waals surface area contributed by atoms with Gasteiger partial charge in [-0.15, -0.1) is 0 Å². The number of rotatable bonds is 2. The predicted octanol–water partition coefficient (Wildman–Crippen LogP) is 0.347. The molecule has 3 nitrogen and oxygen atoms in total. The normalized spacial score (nSPS) is 7.67. The zero-order valence-electron chi connectivity index (χ0n) is 5.79. The predicted molar refractivity (Wildman–Crippen MR) is 29.4 cm³/mol. The molecule has 0 unspecified atom stereocenters. The molecule has 0 fully saturated rings. The van der Waals surface area contributed by atoms with Gasteiger partial charge >= 0.3 is 26.5 Å². The van der Waals surface area contributed by atoms with Gasteiger partial charge in [-0.05, 0) is 12.3 Å². The summed E-state index contributed by atoms with van der Waals surface area (Å²) in [6, 6.07) is 0. The summed E-state index contributed by atoms with van der Waals surface area (Å²) in [5, 5.41) is 8.24. The SMILES string of the molecule is CC(C)CCO.[O]=[Ti][OH]. The maximum absolute atomic E-state index is 8.61. The number of aliphatic hydroxyl groups excluding tert-OH is 1. The Morgan fingerprint density at radius 3 is 1.89 bits per heavy atom. The zero-order chi connectivity index (χ0) is 7.70. The molecule has 0 spiro atoms. The minimum atomic E-state index is -1.75. The van der Waals surface area contributed by atoms with Gasteiger partial charge in [-0.2, -0.15) is 0 Å². The molecule has 0 amide bonds. The number of hydrogen-bond donors (Lipinski definition) is 2. The van der Waals surface area contributed by atoms with Crippen LogP contribution >= 0.6 is 0 Å². The Labute approximate surface area is 64.8 Å². The van der Waals surface area contributed by atoms with Crippen LogP contribution in [0.1, 0.15) is 20.3 Å². The summed E-state index contributed by atoms with van der Waals surface area (Å²) >= 11 is -1.75. The first kappa shape index (κ1) is 12.1. The van der Waals surface area contributed by atoms with Crippen LogP contribution in [0.4, 0.5) is 0 Å². The van der Waals surface area contributed by atoms with Crippen LogP contribution in [0.3, 0.4) is 0 Å². The molecular weight excluding hydrogens is 156 g/mol. The minimum absolute atomic E-state index is 0.331. The van der Waals surface area contributed by atoms with Crippen molar-refractivity contribution in [3.8, 4) is 0 Å². The Morgan fingerprint density at radius 2 is 1.89 bits per heavy atom. The molecule has 0 aliphatic carbocycles. The molecule has 0 radical (unpaired) electrons. The van der Waals surface area contributed by atoms with E-state index in [1.807, 2.05) is 0 Å². The second-order valence-electron chi connectivity index (χ2n) is 2.00. The van der Waals surface area contributed by atoms with Gasteiger partial charge in [0, 0.05) is 6.61 Å². The topological polar surface area (TPSA) is 57.5 Å². The van der Waals surface area contributed by atoms with Gasteiger partial charge < -0.3 is 5.11 Å². The van der Waals surface area contributed by atoms with Gasteiger partial charge in [-0.3, -0.25) is 0 Å². The van der Waals surface area contributed by atoms with Gasteiger partial charge in [0.1, 0.15) is 0 Å². The van der Waals surface area contributed by atoms with Crippen molar-refractivity contribution < 1.29 is 31.6 Å². The van der Waals surface area contributed by atoms with Gasteiger partial charge in [0.2, 0.25) is 0 Å². The van der Waals surface area contributed by atoms with Crippen LogP contribution in [0.25, 0.3) is 0 Å². The standard InChI is InChI=1S/C5H12O.H2O.O.Ti/c1-5(2)3-4-6;;;/h5-6H,3-4H2,1-2H3;1H2;;/q;;;+1/p-1. The van der Waals surface area contributed by atoms with Crippen molar-refractivity contribution in [2.45, 2.75) is 20.3 Å². The third kappa shape index (κ3) is 29.6. The van der Waals surface area contributed by atoms with E-state index in [0.29, 0.717) is 12.5 Å². The van der Waals surface area contributed by atoms with E-state index in [1.165, 1.54) is 0 Å². The summed E-state index contributed by atoms with van der Waals surface area (Å²) in [6.45, 7) is 4.52. The van der Waals surface area contributed by atoms with Crippen molar-refractivity contribution in [1.82, 2.24) is 0 Å². The van der Waals surface area contributed by atoms with E-state index in [0.717, 1.165) is 6.42 Å². The Morgan fingerprint density at radius 1 is 1.56 bits per heavy atom. The van der Waals surface area contributed by atoms with Crippen molar-refractivity contribution in [1.29, 1.82) is 0 Å². The molecular formula is C5H13O3Ti. The zero-order valence-corrected chi connectivity index (χ0v) is 7.36. The molecule has 55 valence electrons. The van der Waals surface area contributed by atoms with Crippen molar-refractivity contribution in [2.24, 2.45) is 5.92 Å². The van der Waals surface area contributed by atoms with Crippen molar-refractivity contribution >= 4 is 0 Å². The summed E-state index contributed by atoms with van der Waals surface area (Å²) < 4.78 is 15.8. The third-order valence-corrected chi connectivity index (χ3v) is 0.706. The van der Waals surface area contributed by atoms with Gasteiger partial charge in [-0.1, -0.05) is 13.8 Å². The van der Waals surface area contributed by atoms with Gasteiger partial charge in [-0.25, -0.2) is 0 Å². The van der Waals surface area contributed by atoms with E-state index in [4.69, 9.17) is 12.1 Å². The Kier molecular flexibility index (Phi) is 15.2. The fraction of sp³-hybridized carbons (Fsp3) is 1.00. The number of aliphatic hydroxyl groups is 1. The van der Waals surface area contributed by atoms with Crippen LogP contribution in [0.15, 0.2) is 0 Å². The van der Waals surface area contributed by atoms with E-state index in [1.54, 1.807) is 0 Å². The average molecular weight is 169 g/mol. The first-order valence-corrected chi connectivity index (χ1v) is 4.14. The molecule has 0 atom stereocenters. The van der Waals surface area contributed by atoms with E-state index >= 15 is 0 Å². The molecule has 0 aliphatic heterocycles. The molecule has 0 saturated carbocycles. The van der Waals surface area contributed by atoms with Crippen LogP contribution in [-0.4, -0.2) is 15.4 Å². The fourth-order valence-corrected chi connectivity index (χ4v) is 0.258. The van der Waals surface area contributed by atoms with Crippen LogP contribution in [0, 0.1) is 5.92 Å². The van der Waals surface area contributed by atoms with Crippen LogP contribution in [0.2, 0.25) is 0 Å². The fourth-order valence-electron chi connectivity index (χ4n) is 0.258. The Balaban J connectivity index is 0.